The predicted octanol–water partition coefficient (Wildman–Crippen LogP) is 5.24. The summed E-state index contributed by atoms with van der Waals surface area (Å²) in [7, 11) is 0. The number of Topliss-reactive ketones (excluding diaryl/α,β-unsaturated/α-hetero) is 1. The molecule has 2 aromatic rings. The number of allylic oxidation sites excluding steroid dienone is 2. The third-order valence-corrected chi connectivity index (χ3v) is 4.90. The third kappa shape index (κ3) is 5.02. The van der Waals surface area contributed by atoms with Gasteiger partial charge in [0.05, 0.1) is 5.71 Å². The molecule has 0 amide bonds. The molecule has 1 aliphatic heterocycles. The van der Waals surface area contributed by atoms with E-state index in [9.17, 15) is 4.79 Å². The second kappa shape index (κ2) is 8.22. The van der Waals surface area contributed by atoms with E-state index in [1.807, 2.05) is 42.5 Å². The summed E-state index contributed by atoms with van der Waals surface area (Å²) >= 11 is 7.57. The summed E-state index contributed by atoms with van der Waals surface area (Å²) in [6, 6.07) is 11.6. The van der Waals surface area contributed by atoms with E-state index in [4.69, 9.17) is 11.6 Å². The number of halogens is 1. The van der Waals surface area contributed by atoms with Crippen LogP contribution in [-0.2, 0) is 11.2 Å². The Labute approximate surface area is 151 Å². The van der Waals surface area contributed by atoms with Gasteiger partial charge >= 0.3 is 0 Å². The number of benzene rings is 1. The first-order valence-electron chi connectivity index (χ1n) is 7.89. The van der Waals surface area contributed by atoms with Gasteiger partial charge in [-0.05, 0) is 47.4 Å². The van der Waals surface area contributed by atoms with Crippen LogP contribution in [0.3, 0.4) is 0 Å². The first kappa shape index (κ1) is 16.9. The Morgan fingerprint density at radius 3 is 2.75 bits per heavy atom. The zero-order chi connectivity index (χ0) is 16.8. The van der Waals surface area contributed by atoms with Gasteiger partial charge < -0.3 is 0 Å². The third-order valence-electron chi connectivity index (χ3n) is 3.81. The summed E-state index contributed by atoms with van der Waals surface area (Å²) in [4.78, 5) is 18.0. The van der Waals surface area contributed by atoms with Crippen LogP contribution in [0, 0.1) is 5.92 Å². The monoisotopic (exact) mass is 355 g/mol. The molecule has 122 valence electrons. The predicted molar refractivity (Wildman–Crippen MR) is 103 cm³/mol. The van der Waals surface area contributed by atoms with Gasteiger partial charge in [0.2, 0.25) is 0 Å². The SMILES string of the molecule is O=C(Cc1ccc(Cl)cc1)CC1C=CC(/C=C/c2cccs2)=NC1. The van der Waals surface area contributed by atoms with E-state index < -0.39 is 0 Å². The molecule has 0 spiro atoms. The summed E-state index contributed by atoms with van der Waals surface area (Å²) in [5.74, 6) is 0.434. The molecule has 2 heterocycles. The van der Waals surface area contributed by atoms with Crippen molar-refractivity contribution in [1.29, 1.82) is 0 Å². The molecular formula is C20H18ClNOS. The topological polar surface area (TPSA) is 29.4 Å². The fourth-order valence-electron chi connectivity index (χ4n) is 2.56. The molecule has 1 aromatic carbocycles. The second-order valence-electron chi connectivity index (χ2n) is 5.78. The Bertz CT molecular complexity index is 772. The van der Waals surface area contributed by atoms with Crippen molar-refractivity contribution in [3.05, 3.63) is 75.5 Å². The van der Waals surface area contributed by atoms with E-state index in [2.05, 4.69) is 28.6 Å². The maximum atomic E-state index is 12.2. The van der Waals surface area contributed by atoms with Crippen molar-refractivity contribution in [2.24, 2.45) is 10.9 Å². The minimum Gasteiger partial charge on any atom is -0.299 e. The highest BCUT2D eigenvalue weighted by atomic mass is 35.5. The van der Waals surface area contributed by atoms with Gasteiger partial charge in [0.1, 0.15) is 5.78 Å². The Morgan fingerprint density at radius 2 is 2.08 bits per heavy atom. The van der Waals surface area contributed by atoms with Gasteiger partial charge in [0, 0.05) is 35.2 Å². The maximum Gasteiger partial charge on any atom is 0.137 e. The molecule has 0 radical (unpaired) electrons. The summed E-state index contributed by atoms with van der Waals surface area (Å²) < 4.78 is 0. The van der Waals surface area contributed by atoms with E-state index in [1.165, 1.54) is 4.88 Å². The van der Waals surface area contributed by atoms with Gasteiger partial charge in [-0.1, -0.05) is 35.9 Å². The number of rotatable bonds is 6. The molecule has 0 saturated heterocycles. The largest absolute Gasteiger partial charge is 0.299 e. The van der Waals surface area contributed by atoms with Crippen LogP contribution in [0.25, 0.3) is 6.08 Å². The lowest BCUT2D eigenvalue weighted by Gasteiger charge is -2.13. The number of dihydropyridines is 1. The zero-order valence-corrected chi connectivity index (χ0v) is 14.8. The number of aliphatic imine (C=N–C) groups is 1. The first-order chi connectivity index (χ1) is 11.7. The van der Waals surface area contributed by atoms with Crippen LogP contribution < -0.4 is 0 Å². The molecule has 0 fully saturated rings. The van der Waals surface area contributed by atoms with E-state index in [0.717, 1.165) is 11.3 Å². The molecule has 1 unspecified atom stereocenters. The highest BCUT2D eigenvalue weighted by Crippen LogP contribution is 2.16. The number of carbonyl (C=O) groups is 1. The summed E-state index contributed by atoms with van der Waals surface area (Å²) in [5.41, 5.74) is 1.97. The Hall–Kier alpha value is -1.97. The van der Waals surface area contributed by atoms with Crippen molar-refractivity contribution in [3.63, 3.8) is 0 Å². The van der Waals surface area contributed by atoms with E-state index in [-0.39, 0.29) is 11.7 Å². The fourth-order valence-corrected chi connectivity index (χ4v) is 3.30. The van der Waals surface area contributed by atoms with Crippen LogP contribution >= 0.6 is 22.9 Å². The number of nitrogens with zero attached hydrogens (tertiary/aromatic N) is 1. The van der Waals surface area contributed by atoms with Crippen molar-refractivity contribution in [2.75, 3.05) is 6.54 Å². The molecular weight excluding hydrogens is 338 g/mol. The summed E-state index contributed by atoms with van der Waals surface area (Å²) in [6.45, 7) is 0.674. The normalized spacial score (nSPS) is 17.2. The van der Waals surface area contributed by atoms with Gasteiger partial charge in [-0.15, -0.1) is 11.3 Å². The molecule has 24 heavy (non-hydrogen) atoms. The Morgan fingerprint density at radius 1 is 1.25 bits per heavy atom. The number of ketones is 1. The molecule has 0 aliphatic carbocycles. The first-order valence-corrected chi connectivity index (χ1v) is 9.15. The Balaban J connectivity index is 1.49. The molecule has 0 saturated carbocycles. The Kier molecular flexibility index (Phi) is 5.78. The highest BCUT2D eigenvalue weighted by molar-refractivity contribution is 7.10. The van der Waals surface area contributed by atoms with Gasteiger partial charge in [-0.25, -0.2) is 0 Å². The van der Waals surface area contributed by atoms with Crippen molar-refractivity contribution in [1.82, 2.24) is 0 Å². The van der Waals surface area contributed by atoms with Crippen molar-refractivity contribution >= 4 is 40.5 Å². The lowest BCUT2D eigenvalue weighted by molar-refractivity contribution is -0.119. The number of hydrogen-bond acceptors (Lipinski definition) is 3. The van der Waals surface area contributed by atoms with Crippen molar-refractivity contribution in [2.45, 2.75) is 12.8 Å². The maximum absolute atomic E-state index is 12.2. The zero-order valence-electron chi connectivity index (χ0n) is 13.2. The van der Waals surface area contributed by atoms with Crippen LogP contribution in [0.4, 0.5) is 0 Å². The minimum absolute atomic E-state index is 0.198. The van der Waals surface area contributed by atoms with E-state index in [1.54, 1.807) is 11.3 Å². The lowest BCUT2D eigenvalue weighted by Crippen LogP contribution is -2.15. The second-order valence-corrected chi connectivity index (χ2v) is 7.20. The van der Waals surface area contributed by atoms with Gasteiger partial charge in [0.15, 0.2) is 0 Å². The fraction of sp³-hybridized carbons (Fsp3) is 0.200. The van der Waals surface area contributed by atoms with Crippen LogP contribution in [-0.4, -0.2) is 18.0 Å². The average molecular weight is 356 g/mol. The summed E-state index contributed by atoms with van der Waals surface area (Å²) in [6.07, 6.45) is 9.18. The molecule has 1 aromatic heterocycles. The highest BCUT2D eigenvalue weighted by Gasteiger charge is 2.14. The molecule has 1 atom stereocenters. The molecule has 2 nitrogen and oxygen atoms in total. The lowest BCUT2D eigenvalue weighted by atomic mass is 9.96. The van der Waals surface area contributed by atoms with Crippen molar-refractivity contribution in [3.8, 4) is 0 Å². The van der Waals surface area contributed by atoms with Crippen LogP contribution in [0.1, 0.15) is 16.9 Å². The van der Waals surface area contributed by atoms with E-state index in [0.29, 0.717) is 24.4 Å². The smallest absolute Gasteiger partial charge is 0.137 e. The number of hydrogen-bond donors (Lipinski definition) is 0. The van der Waals surface area contributed by atoms with Crippen LogP contribution in [0.2, 0.25) is 5.02 Å². The molecule has 4 heteroatoms. The average Bonchev–Trinajstić information content (AvgIpc) is 3.10. The van der Waals surface area contributed by atoms with Gasteiger partial charge in [0.25, 0.3) is 0 Å². The molecule has 3 rings (SSSR count). The van der Waals surface area contributed by atoms with E-state index >= 15 is 0 Å². The van der Waals surface area contributed by atoms with Gasteiger partial charge in [-0.2, -0.15) is 0 Å². The minimum atomic E-state index is 0.198. The van der Waals surface area contributed by atoms with Crippen LogP contribution in [0.5, 0.6) is 0 Å². The molecule has 0 N–H and O–H groups in total. The standard InChI is InChI=1S/C20H18ClNOS/c21-17-6-3-15(4-7-17)12-19(23)13-16-5-8-18(22-14-16)9-10-20-2-1-11-24-20/h1-11,16H,12-14H2/b10-9+. The number of carbonyl (C=O) groups excluding carboxylic acids is 1. The van der Waals surface area contributed by atoms with Gasteiger partial charge in [-0.3, -0.25) is 9.79 Å². The number of thiophene rings is 1. The van der Waals surface area contributed by atoms with Crippen molar-refractivity contribution < 1.29 is 4.79 Å². The molecule has 0 bridgehead atoms. The molecule has 1 aliphatic rings. The quantitative estimate of drug-likeness (QED) is 0.696. The summed E-state index contributed by atoms with van der Waals surface area (Å²) in [5, 5.41) is 2.75. The van der Waals surface area contributed by atoms with Crippen LogP contribution in [0.15, 0.2) is 65.0 Å².